The Balaban J connectivity index is 1.53. The Bertz CT molecular complexity index is 502. The number of morpholine rings is 1. The second-order valence-electron chi connectivity index (χ2n) is 5.74. The highest BCUT2D eigenvalue weighted by molar-refractivity contribution is 7.80. The van der Waals surface area contributed by atoms with Crippen LogP contribution in [0.5, 0.6) is 0 Å². The number of ether oxygens (including phenoxy) is 1. The summed E-state index contributed by atoms with van der Waals surface area (Å²) >= 11 is 5.61. The van der Waals surface area contributed by atoms with Crippen molar-refractivity contribution in [1.29, 1.82) is 0 Å². The number of thiocarbonyl (C=S) groups is 1. The van der Waals surface area contributed by atoms with E-state index in [0.29, 0.717) is 6.04 Å². The third kappa shape index (κ3) is 3.36. The number of hydrogen-bond donors (Lipinski definition) is 1. The van der Waals surface area contributed by atoms with Gasteiger partial charge in [0.25, 0.3) is 0 Å². The molecule has 1 aromatic rings. The topological polar surface area (TPSA) is 27.7 Å². The highest BCUT2D eigenvalue weighted by Crippen LogP contribution is 2.31. The van der Waals surface area contributed by atoms with Crippen LogP contribution >= 0.6 is 12.2 Å². The normalized spacial score (nSPS) is 22.1. The van der Waals surface area contributed by atoms with Crippen LogP contribution in [0.1, 0.15) is 12.5 Å². The molecule has 1 unspecified atom stereocenters. The zero-order valence-electron chi connectivity index (χ0n) is 12.5. The molecule has 0 spiro atoms. The first-order valence-corrected chi connectivity index (χ1v) is 8.11. The molecule has 0 saturated carbocycles. The Labute approximate surface area is 132 Å². The van der Waals surface area contributed by atoms with E-state index < -0.39 is 0 Å². The summed E-state index contributed by atoms with van der Waals surface area (Å²) in [5, 5.41) is 4.27. The Morgan fingerprint density at radius 1 is 1.33 bits per heavy atom. The van der Waals surface area contributed by atoms with Gasteiger partial charge in [-0.3, -0.25) is 4.90 Å². The van der Waals surface area contributed by atoms with Crippen molar-refractivity contribution in [1.82, 2.24) is 10.2 Å². The van der Waals surface area contributed by atoms with E-state index in [0.717, 1.165) is 50.9 Å². The van der Waals surface area contributed by atoms with Crippen molar-refractivity contribution >= 4 is 23.0 Å². The lowest BCUT2D eigenvalue weighted by Crippen LogP contribution is -2.46. The van der Waals surface area contributed by atoms with Gasteiger partial charge in [0, 0.05) is 37.9 Å². The molecule has 1 saturated heterocycles. The van der Waals surface area contributed by atoms with Crippen LogP contribution in [0.3, 0.4) is 0 Å². The van der Waals surface area contributed by atoms with Gasteiger partial charge in [-0.05, 0) is 37.2 Å². The first-order chi connectivity index (χ1) is 10.3. The first-order valence-electron chi connectivity index (χ1n) is 7.71. The van der Waals surface area contributed by atoms with E-state index in [1.165, 1.54) is 11.3 Å². The zero-order chi connectivity index (χ0) is 14.7. The number of benzene rings is 1. The van der Waals surface area contributed by atoms with Crippen LogP contribution in [0.2, 0.25) is 0 Å². The van der Waals surface area contributed by atoms with Gasteiger partial charge in [-0.25, -0.2) is 0 Å². The van der Waals surface area contributed by atoms with Crippen LogP contribution < -0.4 is 10.2 Å². The van der Waals surface area contributed by atoms with E-state index in [1.54, 1.807) is 0 Å². The minimum atomic E-state index is 0.436. The Morgan fingerprint density at radius 2 is 2.10 bits per heavy atom. The lowest BCUT2D eigenvalue weighted by Gasteiger charge is -2.29. The predicted molar refractivity (Wildman–Crippen MR) is 89.9 cm³/mol. The number of nitrogens with zero attached hydrogens (tertiary/aromatic N) is 2. The molecule has 0 amide bonds. The van der Waals surface area contributed by atoms with Crippen molar-refractivity contribution in [3.8, 4) is 0 Å². The van der Waals surface area contributed by atoms with Gasteiger partial charge in [0.2, 0.25) is 0 Å². The van der Waals surface area contributed by atoms with E-state index in [2.05, 4.69) is 46.3 Å². The maximum atomic E-state index is 5.61. The van der Waals surface area contributed by atoms with E-state index >= 15 is 0 Å². The van der Waals surface area contributed by atoms with Crippen LogP contribution in [0.4, 0.5) is 5.69 Å². The highest BCUT2D eigenvalue weighted by Gasteiger charge is 2.28. The fraction of sp³-hybridized carbons (Fsp3) is 0.562. The summed E-state index contributed by atoms with van der Waals surface area (Å²) in [4.78, 5) is 4.67. The Kier molecular flexibility index (Phi) is 4.73. The standard InChI is InChI=1S/C16H23N3OS/c1-13-12-14-4-2-3-5-15(14)19(13)16(21)17-6-7-18-8-10-20-11-9-18/h2-5,13H,6-12H2,1H3,(H,17,21). The molecule has 2 aliphatic rings. The highest BCUT2D eigenvalue weighted by atomic mass is 32.1. The molecule has 1 fully saturated rings. The fourth-order valence-electron chi connectivity index (χ4n) is 3.11. The third-order valence-electron chi connectivity index (χ3n) is 4.23. The van der Waals surface area contributed by atoms with Gasteiger partial charge < -0.3 is 15.0 Å². The molecule has 0 aliphatic carbocycles. The largest absolute Gasteiger partial charge is 0.379 e. The van der Waals surface area contributed by atoms with Gasteiger partial charge in [-0.15, -0.1) is 0 Å². The molecule has 1 atom stereocenters. The molecule has 114 valence electrons. The summed E-state index contributed by atoms with van der Waals surface area (Å²) in [6.45, 7) is 7.89. The van der Waals surface area contributed by atoms with Gasteiger partial charge in [-0.1, -0.05) is 18.2 Å². The fourth-order valence-corrected chi connectivity index (χ4v) is 3.49. The molecule has 3 rings (SSSR count). The second-order valence-corrected chi connectivity index (χ2v) is 6.12. The quantitative estimate of drug-likeness (QED) is 0.857. The molecule has 4 nitrogen and oxygen atoms in total. The lowest BCUT2D eigenvalue weighted by atomic mass is 10.1. The van der Waals surface area contributed by atoms with Gasteiger partial charge in [0.15, 0.2) is 5.11 Å². The molecular formula is C16H23N3OS. The third-order valence-corrected chi connectivity index (χ3v) is 4.58. The molecular weight excluding hydrogens is 282 g/mol. The van der Waals surface area contributed by atoms with Crippen molar-refractivity contribution < 1.29 is 4.74 Å². The predicted octanol–water partition coefficient (Wildman–Crippen LogP) is 1.64. The summed E-state index contributed by atoms with van der Waals surface area (Å²) < 4.78 is 5.37. The van der Waals surface area contributed by atoms with Gasteiger partial charge in [0.1, 0.15) is 0 Å². The van der Waals surface area contributed by atoms with Crippen molar-refractivity contribution in [3.05, 3.63) is 29.8 Å². The van der Waals surface area contributed by atoms with Crippen LogP contribution in [0, 0.1) is 0 Å². The van der Waals surface area contributed by atoms with Gasteiger partial charge in [0.05, 0.1) is 13.2 Å². The van der Waals surface area contributed by atoms with Crippen LogP contribution in [-0.2, 0) is 11.2 Å². The summed E-state index contributed by atoms with van der Waals surface area (Å²) in [6, 6.07) is 8.98. The van der Waals surface area contributed by atoms with Crippen LogP contribution in [0.25, 0.3) is 0 Å². The molecule has 0 aromatic heterocycles. The van der Waals surface area contributed by atoms with E-state index in [9.17, 15) is 0 Å². The van der Waals surface area contributed by atoms with Crippen molar-refractivity contribution in [3.63, 3.8) is 0 Å². The van der Waals surface area contributed by atoms with Gasteiger partial charge in [-0.2, -0.15) is 0 Å². The zero-order valence-corrected chi connectivity index (χ0v) is 13.4. The van der Waals surface area contributed by atoms with Crippen molar-refractivity contribution in [2.24, 2.45) is 0 Å². The van der Waals surface area contributed by atoms with E-state index in [1.807, 2.05) is 0 Å². The number of nitrogens with one attached hydrogen (secondary N) is 1. The summed E-state index contributed by atoms with van der Waals surface area (Å²) in [7, 11) is 0. The minimum absolute atomic E-state index is 0.436. The summed E-state index contributed by atoms with van der Waals surface area (Å²) in [5.41, 5.74) is 2.65. The maximum absolute atomic E-state index is 5.61. The van der Waals surface area contributed by atoms with E-state index in [-0.39, 0.29) is 0 Å². The molecule has 2 heterocycles. The van der Waals surface area contributed by atoms with Crippen molar-refractivity contribution in [2.75, 3.05) is 44.3 Å². The molecule has 0 bridgehead atoms. The van der Waals surface area contributed by atoms with Crippen LogP contribution in [0.15, 0.2) is 24.3 Å². The number of hydrogen-bond acceptors (Lipinski definition) is 3. The maximum Gasteiger partial charge on any atom is 0.173 e. The first kappa shape index (κ1) is 14.8. The summed E-state index contributed by atoms with van der Waals surface area (Å²) in [5.74, 6) is 0. The number of para-hydroxylation sites is 1. The molecule has 0 radical (unpaired) electrons. The smallest absolute Gasteiger partial charge is 0.173 e. The molecule has 1 N–H and O–H groups in total. The number of rotatable bonds is 3. The SMILES string of the molecule is CC1Cc2ccccc2N1C(=S)NCCN1CCOCC1. The van der Waals surface area contributed by atoms with Crippen LogP contribution in [-0.4, -0.2) is 55.4 Å². The van der Waals surface area contributed by atoms with Crippen molar-refractivity contribution in [2.45, 2.75) is 19.4 Å². The Hall–Kier alpha value is -1.17. The average molecular weight is 305 g/mol. The molecule has 21 heavy (non-hydrogen) atoms. The minimum Gasteiger partial charge on any atom is -0.379 e. The average Bonchev–Trinajstić information content (AvgIpc) is 2.84. The monoisotopic (exact) mass is 305 g/mol. The molecule has 2 aliphatic heterocycles. The number of anilines is 1. The summed E-state index contributed by atoms with van der Waals surface area (Å²) in [6.07, 6.45) is 1.07. The molecule has 5 heteroatoms. The molecule has 1 aromatic carbocycles. The van der Waals surface area contributed by atoms with E-state index in [4.69, 9.17) is 17.0 Å². The second kappa shape index (κ2) is 6.73. The Morgan fingerprint density at radius 3 is 2.90 bits per heavy atom. The van der Waals surface area contributed by atoms with Gasteiger partial charge >= 0.3 is 0 Å². The number of fused-ring (bicyclic) bond motifs is 1. The lowest BCUT2D eigenvalue weighted by molar-refractivity contribution is 0.0389.